The molecule has 2 heterocycles. The summed E-state index contributed by atoms with van der Waals surface area (Å²) in [5, 5.41) is 4.86. The van der Waals surface area contributed by atoms with Crippen LogP contribution in [0.4, 0.5) is 0 Å². The zero-order valence-corrected chi connectivity index (χ0v) is 15.6. The summed E-state index contributed by atoms with van der Waals surface area (Å²) in [5.74, 6) is 0.225. The van der Waals surface area contributed by atoms with Crippen LogP contribution in [0.3, 0.4) is 0 Å². The SMILES string of the molecule is CC(=O)Oc1ccccc1-c1nc2sc(=Cc3ccccc3Cl)c(=O)n2n1. The average molecular weight is 398 g/mol. The largest absolute Gasteiger partial charge is 0.426 e. The molecule has 0 saturated carbocycles. The molecule has 0 saturated heterocycles. The Bertz CT molecular complexity index is 1280. The predicted octanol–water partition coefficient (Wildman–Crippen LogP) is 2.94. The smallest absolute Gasteiger partial charge is 0.308 e. The van der Waals surface area contributed by atoms with Crippen molar-refractivity contribution in [3.8, 4) is 17.1 Å². The summed E-state index contributed by atoms with van der Waals surface area (Å²) in [6.07, 6.45) is 1.72. The number of nitrogens with zero attached hydrogens (tertiary/aromatic N) is 3. The molecule has 0 amide bonds. The molecule has 4 aromatic rings. The van der Waals surface area contributed by atoms with Gasteiger partial charge in [0.1, 0.15) is 5.75 Å². The van der Waals surface area contributed by atoms with E-state index in [1.54, 1.807) is 36.4 Å². The van der Waals surface area contributed by atoms with Gasteiger partial charge in [0.15, 0.2) is 5.82 Å². The highest BCUT2D eigenvalue weighted by molar-refractivity contribution is 7.15. The number of aromatic nitrogens is 3. The number of carbonyl (C=O) groups is 1. The second-order valence-electron chi connectivity index (χ2n) is 5.66. The molecular weight excluding hydrogens is 386 g/mol. The van der Waals surface area contributed by atoms with Gasteiger partial charge in [0.2, 0.25) is 4.96 Å². The molecule has 2 aromatic carbocycles. The monoisotopic (exact) mass is 397 g/mol. The van der Waals surface area contributed by atoms with Gasteiger partial charge in [-0.25, -0.2) is 0 Å². The van der Waals surface area contributed by atoms with Gasteiger partial charge in [-0.3, -0.25) is 9.59 Å². The molecule has 2 aromatic heterocycles. The highest BCUT2D eigenvalue weighted by atomic mass is 35.5. The first-order chi connectivity index (χ1) is 13.0. The number of hydrogen-bond acceptors (Lipinski definition) is 6. The van der Waals surface area contributed by atoms with E-state index >= 15 is 0 Å². The molecule has 0 aliphatic rings. The summed E-state index contributed by atoms with van der Waals surface area (Å²) >= 11 is 7.37. The van der Waals surface area contributed by atoms with Gasteiger partial charge in [0.05, 0.1) is 10.1 Å². The Morgan fingerprint density at radius 2 is 1.93 bits per heavy atom. The van der Waals surface area contributed by atoms with Gasteiger partial charge < -0.3 is 4.74 Å². The first kappa shape index (κ1) is 17.4. The first-order valence-electron chi connectivity index (χ1n) is 7.96. The average Bonchev–Trinajstić information content (AvgIpc) is 3.17. The maximum Gasteiger partial charge on any atom is 0.308 e. The molecule has 0 radical (unpaired) electrons. The Morgan fingerprint density at radius 1 is 1.19 bits per heavy atom. The fraction of sp³-hybridized carbons (Fsp3) is 0.0526. The standard InChI is InChI=1S/C19H12ClN3O3S/c1-11(24)26-15-9-5-3-7-13(15)17-21-19-23(22-17)18(25)16(27-19)10-12-6-2-4-8-14(12)20/h2-10H,1H3. The molecule has 0 N–H and O–H groups in total. The lowest BCUT2D eigenvalue weighted by Gasteiger charge is -2.04. The molecule has 0 unspecified atom stereocenters. The number of para-hydroxylation sites is 1. The minimum atomic E-state index is -0.440. The second-order valence-corrected chi connectivity index (χ2v) is 7.07. The van der Waals surface area contributed by atoms with Gasteiger partial charge >= 0.3 is 5.97 Å². The maximum atomic E-state index is 12.7. The number of esters is 1. The van der Waals surface area contributed by atoms with E-state index in [9.17, 15) is 9.59 Å². The van der Waals surface area contributed by atoms with E-state index < -0.39 is 5.97 Å². The van der Waals surface area contributed by atoms with Crippen molar-refractivity contribution in [2.45, 2.75) is 6.92 Å². The summed E-state index contributed by atoms with van der Waals surface area (Å²) in [5.41, 5.74) is 1.01. The van der Waals surface area contributed by atoms with Gasteiger partial charge in [-0.05, 0) is 29.8 Å². The summed E-state index contributed by atoms with van der Waals surface area (Å²) in [6.45, 7) is 1.32. The van der Waals surface area contributed by atoms with Crippen LogP contribution in [0, 0.1) is 0 Å². The van der Waals surface area contributed by atoms with Crippen molar-refractivity contribution in [3.05, 3.63) is 74.0 Å². The van der Waals surface area contributed by atoms with Gasteiger partial charge in [0.25, 0.3) is 5.56 Å². The number of benzene rings is 2. The molecule has 0 fully saturated rings. The summed E-state index contributed by atoms with van der Waals surface area (Å²) in [4.78, 5) is 28.8. The van der Waals surface area contributed by atoms with Crippen LogP contribution in [0.5, 0.6) is 5.75 Å². The first-order valence-corrected chi connectivity index (χ1v) is 9.16. The summed E-state index contributed by atoms with van der Waals surface area (Å²) in [7, 11) is 0. The van der Waals surface area contributed by atoms with Crippen LogP contribution in [0.15, 0.2) is 53.3 Å². The molecular formula is C19H12ClN3O3S. The van der Waals surface area contributed by atoms with E-state index in [1.807, 2.05) is 18.2 Å². The Hall–Kier alpha value is -3.03. The fourth-order valence-electron chi connectivity index (χ4n) is 2.58. The summed E-state index contributed by atoms with van der Waals surface area (Å²) < 4.78 is 6.92. The van der Waals surface area contributed by atoms with Crippen molar-refractivity contribution in [3.63, 3.8) is 0 Å². The van der Waals surface area contributed by atoms with Gasteiger partial charge in [-0.1, -0.05) is 53.3 Å². The van der Waals surface area contributed by atoms with Gasteiger partial charge in [-0.2, -0.15) is 9.50 Å². The molecule has 0 spiro atoms. The lowest BCUT2D eigenvalue weighted by atomic mass is 10.2. The van der Waals surface area contributed by atoms with Crippen LogP contribution in [-0.2, 0) is 4.79 Å². The van der Waals surface area contributed by atoms with E-state index in [-0.39, 0.29) is 5.56 Å². The lowest BCUT2D eigenvalue weighted by Crippen LogP contribution is -2.23. The molecule has 0 atom stereocenters. The van der Waals surface area contributed by atoms with Crippen LogP contribution in [0.25, 0.3) is 22.4 Å². The van der Waals surface area contributed by atoms with Crippen LogP contribution < -0.4 is 14.8 Å². The van der Waals surface area contributed by atoms with Crippen molar-refractivity contribution < 1.29 is 9.53 Å². The van der Waals surface area contributed by atoms with Crippen LogP contribution >= 0.6 is 22.9 Å². The molecule has 0 aliphatic heterocycles. The number of hydrogen-bond donors (Lipinski definition) is 0. The predicted molar refractivity (Wildman–Crippen MR) is 104 cm³/mol. The third kappa shape index (κ3) is 3.34. The number of fused-ring (bicyclic) bond motifs is 1. The third-order valence-electron chi connectivity index (χ3n) is 3.76. The minimum Gasteiger partial charge on any atom is -0.426 e. The van der Waals surface area contributed by atoms with Crippen molar-refractivity contribution >= 4 is 39.9 Å². The summed E-state index contributed by atoms with van der Waals surface area (Å²) in [6, 6.07) is 14.2. The van der Waals surface area contributed by atoms with E-state index in [2.05, 4.69) is 10.1 Å². The molecule has 6 nitrogen and oxygen atoms in total. The molecule has 4 rings (SSSR count). The van der Waals surface area contributed by atoms with Crippen LogP contribution in [-0.4, -0.2) is 20.6 Å². The maximum absolute atomic E-state index is 12.7. The Labute approximate surface area is 162 Å². The number of carbonyl (C=O) groups excluding carboxylic acids is 1. The molecule has 8 heteroatoms. The van der Waals surface area contributed by atoms with E-state index in [1.165, 1.54) is 22.8 Å². The molecule has 134 valence electrons. The van der Waals surface area contributed by atoms with Crippen LogP contribution in [0.2, 0.25) is 5.02 Å². The minimum absolute atomic E-state index is 0.279. The Balaban J connectivity index is 1.82. The van der Waals surface area contributed by atoms with E-state index in [4.69, 9.17) is 16.3 Å². The molecule has 0 aliphatic carbocycles. The van der Waals surface area contributed by atoms with E-state index in [0.717, 1.165) is 5.56 Å². The Kier molecular flexibility index (Phi) is 4.47. The fourth-order valence-corrected chi connectivity index (χ4v) is 3.67. The van der Waals surface area contributed by atoms with Gasteiger partial charge in [0, 0.05) is 11.9 Å². The molecule has 0 bridgehead atoms. The highest BCUT2D eigenvalue weighted by Gasteiger charge is 2.16. The zero-order chi connectivity index (χ0) is 19.0. The van der Waals surface area contributed by atoms with Gasteiger partial charge in [-0.15, -0.1) is 5.10 Å². The Morgan fingerprint density at radius 3 is 2.67 bits per heavy atom. The number of thiazole rings is 1. The number of ether oxygens (including phenoxy) is 1. The third-order valence-corrected chi connectivity index (χ3v) is 5.06. The van der Waals surface area contributed by atoms with Crippen molar-refractivity contribution in [1.82, 2.24) is 14.6 Å². The number of halogens is 1. The highest BCUT2D eigenvalue weighted by Crippen LogP contribution is 2.27. The lowest BCUT2D eigenvalue weighted by molar-refractivity contribution is -0.131. The normalized spacial score (nSPS) is 11.9. The van der Waals surface area contributed by atoms with Crippen LogP contribution in [0.1, 0.15) is 12.5 Å². The quantitative estimate of drug-likeness (QED) is 0.392. The topological polar surface area (TPSA) is 73.6 Å². The van der Waals surface area contributed by atoms with Crippen molar-refractivity contribution in [2.75, 3.05) is 0 Å². The number of rotatable bonds is 3. The van der Waals surface area contributed by atoms with E-state index in [0.29, 0.717) is 31.7 Å². The second kappa shape index (κ2) is 6.94. The molecule has 27 heavy (non-hydrogen) atoms. The van der Waals surface area contributed by atoms with Crippen molar-refractivity contribution in [2.24, 2.45) is 0 Å². The van der Waals surface area contributed by atoms with Crippen molar-refractivity contribution in [1.29, 1.82) is 0 Å². The zero-order valence-electron chi connectivity index (χ0n) is 14.0.